The standard InChI is InChI=1S/C40H79O/c1-2-3-4-5-6-7-8-9-10-11-12-13-14-15-16-17-18-19-20-21-22-23-24-25-26-27-28-29-30-31-32-33-34-35-36-37-38-39-40-41/h2-39H2,1H3. The fourth-order valence-electron chi connectivity index (χ4n) is 6.46. The quantitative estimate of drug-likeness (QED) is 0.0669. The minimum absolute atomic E-state index is 0.639. The van der Waals surface area contributed by atoms with Gasteiger partial charge in [0.25, 0.3) is 0 Å². The first-order chi connectivity index (χ1) is 20.4. The third-order valence-electron chi connectivity index (χ3n) is 9.38. The summed E-state index contributed by atoms with van der Waals surface area (Å²) in [6.45, 7) is 2.31. The molecule has 0 amide bonds. The summed E-state index contributed by atoms with van der Waals surface area (Å²) in [5.74, 6) is 0. The molecule has 0 spiro atoms. The van der Waals surface area contributed by atoms with Crippen molar-refractivity contribution in [3.05, 3.63) is 0 Å². The van der Waals surface area contributed by atoms with Crippen molar-refractivity contribution in [1.29, 1.82) is 0 Å². The van der Waals surface area contributed by atoms with Crippen molar-refractivity contribution in [3.8, 4) is 0 Å². The largest absolute Gasteiger partial charge is 0.291 e. The van der Waals surface area contributed by atoms with E-state index < -0.39 is 0 Å². The molecular formula is C40H79O. The Morgan fingerprint density at radius 1 is 0.244 bits per heavy atom. The van der Waals surface area contributed by atoms with Gasteiger partial charge in [-0.1, -0.05) is 238 Å². The summed E-state index contributed by atoms with van der Waals surface area (Å²) in [6.07, 6.45) is 56.0. The van der Waals surface area contributed by atoms with Crippen molar-refractivity contribution >= 4 is 6.29 Å². The Balaban J connectivity index is 3.02. The third-order valence-corrected chi connectivity index (χ3v) is 9.38. The van der Waals surface area contributed by atoms with Crippen molar-refractivity contribution in [2.75, 3.05) is 0 Å². The van der Waals surface area contributed by atoms with Gasteiger partial charge >= 0.3 is 0 Å². The summed E-state index contributed by atoms with van der Waals surface area (Å²) in [4.78, 5) is 10.2. The maximum atomic E-state index is 10.2. The minimum atomic E-state index is 0.639. The van der Waals surface area contributed by atoms with Crippen LogP contribution in [0.3, 0.4) is 0 Å². The van der Waals surface area contributed by atoms with Crippen molar-refractivity contribution in [2.24, 2.45) is 0 Å². The maximum Gasteiger partial charge on any atom is 0.198 e. The van der Waals surface area contributed by atoms with E-state index in [1.54, 1.807) is 0 Å². The van der Waals surface area contributed by atoms with E-state index in [1.165, 1.54) is 231 Å². The number of unbranched alkanes of at least 4 members (excludes halogenated alkanes) is 37. The Morgan fingerprint density at radius 2 is 0.390 bits per heavy atom. The number of hydrogen-bond acceptors (Lipinski definition) is 1. The molecule has 41 heavy (non-hydrogen) atoms. The molecule has 1 nitrogen and oxygen atoms in total. The molecule has 0 fully saturated rings. The Labute approximate surface area is 261 Å². The lowest BCUT2D eigenvalue weighted by molar-refractivity contribution is 0.510. The molecule has 245 valence electrons. The zero-order valence-corrected chi connectivity index (χ0v) is 28.8. The second kappa shape index (κ2) is 39.7. The van der Waals surface area contributed by atoms with Crippen LogP contribution in [0.2, 0.25) is 0 Å². The molecule has 0 aromatic heterocycles. The molecule has 0 aliphatic heterocycles. The summed E-state index contributed by atoms with van der Waals surface area (Å²) in [6, 6.07) is 0. The summed E-state index contributed by atoms with van der Waals surface area (Å²) in [7, 11) is 0. The Kier molecular flexibility index (Phi) is 39.4. The first-order valence-corrected chi connectivity index (χ1v) is 19.8. The normalized spacial score (nSPS) is 11.4. The van der Waals surface area contributed by atoms with E-state index in [-0.39, 0.29) is 0 Å². The van der Waals surface area contributed by atoms with Gasteiger partial charge in [-0.25, -0.2) is 0 Å². The van der Waals surface area contributed by atoms with Crippen LogP contribution in [0.5, 0.6) is 0 Å². The number of hydrogen-bond donors (Lipinski definition) is 0. The van der Waals surface area contributed by atoms with Gasteiger partial charge in [-0.15, -0.1) is 0 Å². The smallest absolute Gasteiger partial charge is 0.198 e. The lowest BCUT2D eigenvalue weighted by atomic mass is 10.0. The van der Waals surface area contributed by atoms with E-state index >= 15 is 0 Å². The summed E-state index contributed by atoms with van der Waals surface area (Å²) in [5.41, 5.74) is 0. The van der Waals surface area contributed by atoms with Crippen LogP contribution in [-0.4, -0.2) is 6.29 Å². The van der Waals surface area contributed by atoms with Gasteiger partial charge in [-0.3, -0.25) is 4.79 Å². The number of carbonyl (C=O) groups excluding carboxylic acids is 1. The summed E-state index contributed by atoms with van der Waals surface area (Å²) in [5, 5.41) is 0. The summed E-state index contributed by atoms with van der Waals surface area (Å²) >= 11 is 0. The van der Waals surface area contributed by atoms with E-state index in [0.29, 0.717) is 6.42 Å². The third kappa shape index (κ3) is 39.7. The van der Waals surface area contributed by atoms with E-state index in [1.807, 2.05) is 6.29 Å². The zero-order chi connectivity index (χ0) is 29.6. The molecule has 0 unspecified atom stereocenters. The maximum absolute atomic E-state index is 10.2. The van der Waals surface area contributed by atoms with Gasteiger partial charge in [0.1, 0.15) is 0 Å². The molecule has 0 saturated carbocycles. The van der Waals surface area contributed by atoms with Gasteiger partial charge in [-0.05, 0) is 6.42 Å². The van der Waals surface area contributed by atoms with Crippen LogP contribution in [0.25, 0.3) is 0 Å². The molecule has 0 rings (SSSR count). The van der Waals surface area contributed by atoms with Gasteiger partial charge in [-0.2, -0.15) is 0 Å². The van der Waals surface area contributed by atoms with Gasteiger partial charge < -0.3 is 0 Å². The van der Waals surface area contributed by atoms with Crippen LogP contribution in [-0.2, 0) is 4.79 Å². The van der Waals surface area contributed by atoms with Crippen molar-refractivity contribution in [2.45, 2.75) is 251 Å². The van der Waals surface area contributed by atoms with Crippen LogP contribution >= 0.6 is 0 Å². The molecule has 0 atom stereocenters. The average molecular weight is 576 g/mol. The van der Waals surface area contributed by atoms with Crippen LogP contribution in [0.4, 0.5) is 0 Å². The highest BCUT2D eigenvalue weighted by atomic mass is 16.1. The van der Waals surface area contributed by atoms with Gasteiger partial charge in [0, 0.05) is 6.42 Å². The molecule has 0 heterocycles. The number of rotatable bonds is 38. The highest BCUT2D eigenvalue weighted by Gasteiger charge is 1.97. The highest BCUT2D eigenvalue weighted by Crippen LogP contribution is 2.17. The van der Waals surface area contributed by atoms with Crippen LogP contribution in [0.1, 0.15) is 251 Å². The van der Waals surface area contributed by atoms with Gasteiger partial charge in [0.15, 0.2) is 6.29 Å². The topological polar surface area (TPSA) is 17.1 Å². The molecule has 0 aromatic carbocycles. The minimum Gasteiger partial charge on any atom is -0.291 e. The molecule has 0 aliphatic carbocycles. The molecule has 1 heteroatoms. The lowest BCUT2D eigenvalue weighted by Gasteiger charge is -2.05. The predicted octanol–water partition coefficient (Wildman–Crippen LogP) is 14.9. The molecule has 1 radical (unpaired) electrons. The SMILES string of the molecule is CCCCCCCCCCCCCCCCCCCCCCCCCCCCCCCCCCCCCCC[C]=O. The molecule has 0 aromatic rings. The Hall–Kier alpha value is -0.330. The van der Waals surface area contributed by atoms with Crippen LogP contribution in [0, 0.1) is 0 Å². The fourth-order valence-corrected chi connectivity index (χ4v) is 6.46. The highest BCUT2D eigenvalue weighted by molar-refractivity contribution is 5.50. The van der Waals surface area contributed by atoms with Crippen LogP contribution in [0.15, 0.2) is 0 Å². The Morgan fingerprint density at radius 3 is 0.537 bits per heavy atom. The molecule has 0 N–H and O–H groups in total. The Bertz CT molecular complexity index is 444. The van der Waals surface area contributed by atoms with Crippen LogP contribution < -0.4 is 0 Å². The summed E-state index contributed by atoms with van der Waals surface area (Å²) < 4.78 is 0. The van der Waals surface area contributed by atoms with Gasteiger partial charge in [0.2, 0.25) is 0 Å². The van der Waals surface area contributed by atoms with Crippen molar-refractivity contribution in [1.82, 2.24) is 0 Å². The van der Waals surface area contributed by atoms with E-state index in [9.17, 15) is 4.79 Å². The van der Waals surface area contributed by atoms with Crippen molar-refractivity contribution in [3.63, 3.8) is 0 Å². The second-order valence-electron chi connectivity index (χ2n) is 13.6. The first kappa shape index (κ1) is 40.7. The van der Waals surface area contributed by atoms with Crippen molar-refractivity contribution < 1.29 is 4.79 Å². The average Bonchev–Trinajstić information content (AvgIpc) is 2.98. The van der Waals surface area contributed by atoms with E-state index in [0.717, 1.165) is 6.42 Å². The molecule has 0 aliphatic rings. The van der Waals surface area contributed by atoms with E-state index in [2.05, 4.69) is 6.92 Å². The molecule has 0 saturated heterocycles. The monoisotopic (exact) mass is 576 g/mol. The second-order valence-corrected chi connectivity index (χ2v) is 13.6. The molecular weight excluding hydrogens is 496 g/mol. The fraction of sp³-hybridized carbons (Fsp3) is 0.975. The van der Waals surface area contributed by atoms with E-state index in [4.69, 9.17) is 0 Å². The first-order valence-electron chi connectivity index (χ1n) is 19.8. The lowest BCUT2D eigenvalue weighted by Crippen LogP contribution is -1.85. The molecule has 0 bridgehead atoms. The van der Waals surface area contributed by atoms with Gasteiger partial charge in [0.05, 0.1) is 0 Å². The zero-order valence-electron chi connectivity index (χ0n) is 28.8. The predicted molar refractivity (Wildman–Crippen MR) is 187 cm³/mol.